The van der Waals surface area contributed by atoms with E-state index in [4.69, 9.17) is 20.9 Å². The Morgan fingerprint density at radius 1 is 0.796 bits per heavy atom. The first-order valence-corrected chi connectivity index (χ1v) is 19.0. The van der Waals surface area contributed by atoms with E-state index in [1.807, 2.05) is 60.7 Å². The molecule has 10 atom stereocenters. The summed E-state index contributed by atoms with van der Waals surface area (Å²) in [5.74, 6) is 5.53. The van der Waals surface area contributed by atoms with Crippen molar-refractivity contribution in [3.63, 3.8) is 0 Å². The lowest BCUT2D eigenvalue weighted by molar-refractivity contribution is -0.164. The van der Waals surface area contributed by atoms with E-state index >= 15 is 0 Å². The van der Waals surface area contributed by atoms with Gasteiger partial charge in [-0.3, -0.25) is 4.79 Å². The number of nitrogen functional groups attached to an aromatic ring is 2. The fourth-order valence-electron chi connectivity index (χ4n) is 11.4. The number of hydrogen-bond acceptors (Lipinski definition) is 5. The summed E-state index contributed by atoms with van der Waals surface area (Å²) in [6, 6.07) is 26.1. The van der Waals surface area contributed by atoms with E-state index in [1.54, 1.807) is 0 Å². The Balaban J connectivity index is 1.06. The second-order valence-corrected chi connectivity index (χ2v) is 16.5. The molecule has 5 N–H and O–H groups in total. The van der Waals surface area contributed by atoms with Crippen LogP contribution in [0, 0.1) is 46.3 Å². The van der Waals surface area contributed by atoms with Crippen LogP contribution in [0.25, 0.3) is 0 Å². The molecule has 0 heterocycles. The average molecular weight is 664 g/mol. The Hall–Kier alpha value is -3.67. The lowest BCUT2D eigenvalue weighted by Crippen LogP contribution is -2.59. The van der Waals surface area contributed by atoms with Crippen molar-refractivity contribution >= 4 is 17.3 Å². The maximum atomic E-state index is 12.9. The predicted octanol–water partition coefficient (Wildman–Crippen LogP) is 9.05. The standard InChI is InChI=1S/C43H57N3O3/c1-28(15-18-41(47)46-27-29-9-5-4-6-10-29)36-16-17-37-35-26-40(49-33-14-8-12-31(45)24-33)39-25-34(48-32-13-7-11-30(44)23-32)19-21-43(39,3)38(35)20-22-42(36,37)2/h4-14,23-24,28,34-40H,15-22,25-27,44-45H2,1-3H3,(H,46,47)/t28-,34?,35+,36-,37+,38+,39?,40?,42-,43-/m1/s1. The highest BCUT2D eigenvalue weighted by molar-refractivity contribution is 5.75. The second-order valence-electron chi connectivity index (χ2n) is 16.5. The van der Waals surface area contributed by atoms with Crippen LogP contribution in [0.15, 0.2) is 78.9 Å². The van der Waals surface area contributed by atoms with E-state index in [1.165, 1.54) is 25.7 Å². The lowest BCUT2D eigenvalue weighted by Gasteiger charge is -2.63. The molecular formula is C43H57N3O3. The van der Waals surface area contributed by atoms with E-state index in [9.17, 15) is 4.79 Å². The molecule has 4 aliphatic carbocycles. The molecule has 262 valence electrons. The first-order chi connectivity index (χ1) is 23.6. The Bertz CT molecular complexity index is 1600. The van der Waals surface area contributed by atoms with Crippen molar-refractivity contribution in [1.29, 1.82) is 0 Å². The highest BCUT2D eigenvalue weighted by atomic mass is 16.5. The van der Waals surface area contributed by atoms with Gasteiger partial charge in [-0.1, -0.05) is 63.2 Å². The largest absolute Gasteiger partial charge is 0.490 e. The summed E-state index contributed by atoms with van der Waals surface area (Å²) < 4.78 is 13.6. The Labute approximate surface area is 293 Å². The van der Waals surface area contributed by atoms with Crippen molar-refractivity contribution in [2.45, 2.75) is 104 Å². The summed E-state index contributed by atoms with van der Waals surface area (Å²) in [7, 11) is 0. The molecule has 0 saturated heterocycles. The molecule has 1 amide bonds. The monoisotopic (exact) mass is 663 g/mol. The molecule has 0 radical (unpaired) electrons. The number of ether oxygens (including phenoxy) is 2. The van der Waals surface area contributed by atoms with Crippen LogP contribution in [-0.2, 0) is 11.3 Å². The van der Waals surface area contributed by atoms with Crippen molar-refractivity contribution in [2.24, 2.45) is 46.3 Å². The molecule has 3 aromatic rings. The van der Waals surface area contributed by atoms with E-state index in [2.05, 4.69) is 44.3 Å². The highest BCUT2D eigenvalue weighted by Crippen LogP contribution is 2.68. The Morgan fingerprint density at radius 3 is 2.18 bits per heavy atom. The first kappa shape index (κ1) is 33.8. The summed E-state index contributed by atoms with van der Waals surface area (Å²) in [4.78, 5) is 12.9. The van der Waals surface area contributed by atoms with Crippen LogP contribution in [0.1, 0.15) is 90.5 Å². The SMILES string of the molecule is C[C@H](CCC(=O)NCc1ccccc1)[C@H]1CC[C@H]2[C@@H]3CC(Oc4cccc(N)c4)C4CC(Oc5cccc(N)c5)CC[C@]4(C)[C@H]3CC[C@]12C. The van der Waals surface area contributed by atoms with Gasteiger partial charge in [-0.05, 0) is 128 Å². The number of carbonyl (C=O) groups is 1. The molecule has 0 spiro atoms. The van der Waals surface area contributed by atoms with Gasteiger partial charge in [0.05, 0.1) is 6.10 Å². The zero-order chi connectivity index (χ0) is 34.2. The Morgan fingerprint density at radius 2 is 1.47 bits per heavy atom. The van der Waals surface area contributed by atoms with Crippen molar-refractivity contribution in [3.8, 4) is 11.5 Å². The maximum absolute atomic E-state index is 12.9. The normalized spacial score (nSPS) is 34.1. The van der Waals surface area contributed by atoms with Crippen LogP contribution in [0.2, 0.25) is 0 Å². The quantitative estimate of drug-likeness (QED) is 0.188. The molecule has 0 aliphatic heterocycles. The zero-order valence-corrected chi connectivity index (χ0v) is 29.8. The third-order valence-electron chi connectivity index (χ3n) is 13.8. The van der Waals surface area contributed by atoms with Gasteiger partial charge < -0.3 is 26.3 Å². The molecule has 3 unspecified atom stereocenters. The molecule has 4 fully saturated rings. The van der Waals surface area contributed by atoms with Gasteiger partial charge in [-0.25, -0.2) is 0 Å². The van der Waals surface area contributed by atoms with Gasteiger partial charge in [0.1, 0.15) is 17.6 Å². The fraction of sp³-hybridized carbons (Fsp3) is 0.558. The summed E-state index contributed by atoms with van der Waals surface area (Å²) in [6.45, 7) is 8.22. The third-order valence-corrected chi connectivity index (χ3v) is 13.8. The zero-order valence-electron chi connectivity index (χ0n) is 29.8. The van der Waals surface area contributed by atoms with Gasteiger partial charge in [0.2, 0.25) is 5.91 Å². The number of rotatable bonds is 10. The van der Waals surface area contributed by atoms with Gasteiger partial charge in [0.15, 0.2) is 0 Å². The molecule has 0 bridgehead atoms. The van der Waals surface area contributed by atoms with Crippen molar-refractivity contribution in [1.82, 2.24) is 5.32 Å². The predicted molar refractivity (Wildman–Crippen MR) is 198 cm³/mol. The van der Waals surface area contributed by atoms with Crippen molar-refractivity contribution < 1.29 is 14.3 Å². The minimum Gasteiger partial charge on any atom is -0.490 e. The number of nitrogens with one attached hydrogen (secondary N) is 1. The van der Waals surface area contributed by atoms with Gasteiger partial charge in [0.25, 0.3) is 0 Å². The smallest absolute Gasteiger partial charge is 0.220 e. The molecule has 6 heteroatoms. The molecule has 4 saturated carbocycles. The number of fused-ring (bicyclic) bond motifs is 5. The number of carbonyl (C=O) groups excluding carboxylic acids is 1. The van der Waals surface area contributed by atoms with Crippen LogP contribution in [0.4, 0.5) is 11.4 Å². The van der Waals surface area contributed by atoms with Gasteiger partial charge in [0, 0.05) is 42.4 Å². The average Bonchev–Trinajstić information content (AvgIpc) is 3.45. The molecule has 4 aliphatic rings. The van der Waals surface area contributed by atoms with E-state index in [0.717, 1.165) is 60.5 Å². The van der Waals surface area contributed by atoms with Crippen molar-refractivity contribution in [3.05, 3.63) is 84.4 Å². The molecule has 0 aromatic heterocycles. The van der Waals surface area contributed by atoms with Gasteiger partial charge >= 0.3 is 0 Å². The maximum Gasteiger partial charge on any atom is 0.220 e. The number of benzene rings is 3. The van der Waals surface area contributed by atoms with Crippen molar-refractivity contribution in [2.75, 3.05) is 11.5 Å². The number of anilines is 2. The summed E-state index contributed by atoms with van der Waals surface area (Å²) in [5.41, 5.74) is 15.5. The second kappa shape index (κ2) is 13.9. The number of hydrogen-bond donors (Lipinski definition) is 3. The van der Waals surface area contributed by atoms with E-state index < -0.39 is 0 Å². The molecule has 3 aromatic carbocycles. The van der Waals surface area contributed by atoms with Crippen LogP contribution in [0.5, 0.6) is 11.5 Å². The van der Waals surface area contributed by atoms with Crippen LogP contribution >= 0.6 is 0 Å². The highest BCUT2D eigenvalue weighted by Gasteiger charge is 2.63. The lowest BCUT2D eigenvalue weighted by atomic mass is 9.43. The first-order valence-electron chi connectivity index (χ1n) is 19.0. The van der Waals surface area contributed by atoms with Gasteiger partial charge in [-0.15, -0.1) is 0 Å². The molecule has 49 heavy (non-hydrogen) atoms. The topological polar surface area (TPSA) is 99.6 Å². The van der Waals surface area contributed by atoms with Crippen LogP contribution < -0.4 is 26.3 Å². The molecule has 6 nitrogen and oxygen atoms in total. The van der Waals surface area contributed by atoms with Gasteiger partial charge in [-0.2, -0.15) is 0 Å². The van der Waals surface area contributed by atoms with Crippen LogP contribution in [0.3, 0.4) is 0 Å². The number of nitrogens with two attached hydrogens (primary N) is 2. The summed E-state index contributed by atoms with van der Waals surface area (Å²) >= 11 is 0. The third kappa shape index (κ3) is 6.90. The van der Waals surface area contributed by atoms with E-state index in [0.29, 0.717) is 53.9 Å². The van der Waals surface area contributed by atoms with E-state index in [-0.39, 0.29) is 23.5 Å². The Kier molecular flexibility index (Phi) is 9.60. The van der Waals surface area contributed by atoms with Crippen LogP contribution in [-0.4, -0.2) is 18.1 Å². The molecule has 7 rings (SSSR count). The summed E-state index contributed by atoms with van der Waals surface area (Å²) in [5, 5.41) is 3.15. The minimum atomic E-state index is 0.118. The fourth-order valence-corrected chi connectivity index (χ4v) is 11.4. The summed E-state index contributed by atoms with van der Waals surface area (Å²) in [6.07, 6.45) is 11.3. The number of amides is 1. The molecular weight excluding hydrogens is 606 g/mol. The minimum absolute atomic E-state index is 0.118.